The molecule has 3 fully saturated rings. The molecule has 154 valence electrons. The van der Waals surface area contributed by atoms with E-state index < -0.39 is 57.6 Å². The summed E-state index contributed by atoms with van der Waals surface area (Å²) in [4.78, 5) is 13.3. The lowest BCUT2D eigenvalue weighted by molar-refractivity contribution is -0.372. The lowest BCUT2D eigenvalue weighted by Crippen LogP contribution is -2.86. The van der Waals surface area contributed by atoms with Gasteiger partial charge in [-0.05, 0) is 32.1 Å². The molecule has 0 aromatic carbocycles. The van der Waals surface area contributed by atoms with Crippen LogP contribution < -0.4 is 0 Å². The lowest BCUT2D eigenvalue weighted by Gasteiger charge is -2.71. The minimum absolute atomic E-state index is 0.170. The molecule has 2 aliphatic carbocycles. The molecular formula is C20H32O7. The van der Waals surface area contributed by atoms with Gasteiger partial charge < -0.3 is 30.3 Å². The Bertz CT molecular complexity index is 667. The number of carbonyl (C=O) groups is 1. The fourth-order valence-electron chi connectivity index (χ4n) is 6.31. The van der Waals surface area contributed by atoms with Crippen LogP contribution in [0.4, 0.5) is 0 Å². The predicted molar refractivity (Wildman–Crippen MR) is 96.7 cm³/mol. The SMILES string of the molecule is C=C[C@@]1(C)CC(=O)[C@]2(O)[C@@]3(C)[C@@H](O)CC[C@@](C)(CO)[C@@H]3[C@H](O)[C@H](O)[C@@]2(C)O1. The van der Waals surface area contributed by atoms with Crippen molar-refractivity contribution >= 4 is 5.78 Å². The number of hydrogen-bond donors (Lipinski definition) is 5. The molecule has 3 aliphatic rings. The number of fused-ring (bicyclic) bond motifs is 3. The number of rotatable bonds is 2. The number of Topliss-reactive ketones (excluding diaryl/α,β-unsaturated/α-hetero) is 1. The zero-order chi connectivity index (χ0) is 20.6. The molecule has 0 bridgehead atoms. The average Bonchev–Trinajstić information content (AvgIpc) is 2.61. The standard InChI is InChI=1S/C20H32O7/c1-6-17(3)9-12(23)20(26)18(4)11(22)7-8-16(2,10-21)14(18)13(24)15(25)19(20,5)27-17/h6,11,13-15,21-22,24-26H,1,7-10H2,2-5H3/t11-,13-,14-,15-,16-,17-,18-,19+,20-/m0/s1. The summed E-state index contributed by atoms with van der Waals surface area (Å²) >= 11 is 0. The summed E-state index contributed by atoms with van der Waals surface area (Å²) in [5.74, 6) is -1.48. The van der Waals surface area contributed by atoms with Gasteiger partial charge in [0.25, 0.3) is 0 Å². The van der Waals surface area contributed by atoms with Crippen LogP contribution in [-0.4, -0.2) is 73.0 Å². The van der Waals surface area contributed by atoms with Crippen molar-refractivity contribution in [1.82, 2.24) is 0 Å². The average molecular weight is 384 g/mol. The monoisotopic (exact) mass is 384 g/mol. The van der Waals surface area contributed by atoms with Gasteiger partial charge in [0.05, 0.1) is 17.8 Å². The van der Waals surface area contributed by atoms with E-state index in [1.165, 1.54) is 13.0 Å². The van der Waals surface area contributed by atoms with Gasteiger partial charge in [0.15, 0.2) is 11.4 Å². The van der Waals surface area contributed by atoms with Crippen LogP contribution in [0.5, 0.6) is 0 Å². The van der Waals surface area contributed by atoms with Crippen molar-refractivity contribution in [2.45, 2.75) is 82.1 Å². The van der Waals surface area contributed by atoms with Crippen molar-refractivity contribution in [2.75, 3.05) is 6.61 Å². The number of hydrogen-bond acceptors (Lipinski definition) is 7. The molecule has 2 saturated carbocycles. The normalized spacial score (nSPS) is 58.3. The summed E-state index contributed by atoms with van der Waals surface area (Å²) in [5.41, 5.74) is -7.63. The van der Waals surface area contributed by atoms with Gasteiger partial charge in [-0.2, -0.15) is 0 Å². The third-order valence-corrected chi connectivity index (χ3v) is 7.96. The number of aliphatic hydroxyl groups excluding tert-OH is 4. The van der Waals surface area contributed by atoms with Gasteiger partial charge >= 0.3 is 0 Å². The molecule has 1 saturated heterocycles. The zero-order valence-corrected chi connectivity index (χ0v) is 16.5. The van der Waals surface area contributed by atoms with E-state index in [1.54, 1.807) is 20.8 Å². The zero-order valence-electron chi connectivity index (χ0n) is 16.5. The Kier molecular flexibility index (Phi) is 4.52. The molecule has 3 rings (SSSR count). The summed E-state index contributed by atoms with van der Waals surface area (Å²) in [6.07, 6.45) is -2.21. The summed E-state index contributed by atoms with van der Waals surface area (Å²) < 4.78 is 6.06. The third kappa shape index (κ3) is 2.21. The second-order valence-corrected chi connectivity index (χ2v) is 9.60. The van der Waals surface area contributed by atoms with Crippen LogP contribution in [0.25, 0.3) is 0 Å². The van der Waals surface area contributed by atoms with Crippen LogP contribution in [-0.2, 0) is 9.53 Å². The molecule has 7 nitrogen and oxygen atoms in total. The van der Waals surface area contributed by atoms with Crippen molar-refractivity contribution in [3.63, 3.8) is 0 Å². The molecule has 9 atom stereocenters. The maximum Gasteiger partial charge on any atom is 0.171 e. The molecule has 7 heteroatoms. The highest BCUT2D eigenvalue weighted by Gasteiger charge is 2.80. The highest BCUT2D eigenvalue weighted by atomic mass is 16.6. The van der Waals surface area contributed by atoms with Gasteiger partial charge in [0, 0.05) is 24.4 Å². The number of ether oxygens (including phenoxy) is 1. The van der Waals surface area contributed by atoms with Crippen molar-refractivity contribution in [3.8, 4) is 0 Å². The van der Waals surface area contributed by atoms with E-state index in [2.05, 4.69) is 6.58 Å². The summed E-state index contributed by atoms with van der Waals surface area (Å²) in [6, 6.07) is 0. The van der Waals surface area contributed by atoms with E-state index in [0.717, 1.165) is 0 Å². The lowest BCUT2D eigenvalue weighted by atomic mass is 9.39. The fraction of sp³-hybridized carbons (Fsp3) is 0.850. The van der Waals surface area contributed by atoms with E-state index in [4.69, 9.17) is 4.74 Å². The van der Waals surface area contributed by atoms with Crippen LogP contribution in [0.1, 0.15) is 47.0 Å². The molecule has 5 N–H and O–H groups in total. The Hall–Kier alpha value is -0.830. The maximum absolute atomic E-state index is 13.3. The van der Waals surface area contributed by atoms with Gasteiger partial charge in [-0.15, -0.1) is 6.58 Å². The van der Waals surface area contributed by atoms with Crippen molar-refractivity contribution in [2.24, 2.45) is 16.7 Å². The molecule has 27 heavy (non-hydrogen) atoms. The Morgan fingerprint density at radius 1 is 1.22 bits per heavy atom. The molecule has 0 aromatic rings. The minimum atomic E-state index is -2.25. The second-order valence-electron chi connectivity index (χ2n) is 9.60. The molecule has 0 unspecified atom stereocenters. The van der Waals surface area contributed by atoms with Gasteiger partial charge in [0.1, 0.15) is 11.7 Å². The summed E-state index contributed by atoms with van der Waals surface area (Å²) in [5, 5.41) is 55.0. The van der Waals surface area contributed by atoms with Crippen LogP contribution in [0.15, 0.2) is 12.7 Å². The Morgan fingerprint density at radius 2 is 1.81 bits per heavy atom. The Labute approximate surface area is 159 Å². The predicted octanol–water partition coefficient (Wildman–Crippen LogP) is -0.0785. The minimum Gasteiger partial charge on any atom is -0.396 e. The molecule has 0 radical (unpaired) electrons. The quantitative estimate of drug-likeness (QED) is 0.421. The smallest absolute Gasteiger partial charge is 0.171 e. The topological polar surface area (TPSA) is 127 Å². The van der Waals surface area contributed by atoms with Crippen LogP contribution >= 0.6 is 0 Å². The molecular weight excluding hydrogens is 352 g/mol. The second kappa shape index (κ2) is 5.84. The van der Waals surface area contributed by atoms with Gasteiger partial charge in [-0.1, -0.05) is 19.9 Å². The number of carbonyl (C=O) groups excluding carboxylic acids is 1. The first-order valence-electron chi connectivity index (χ1n) is 9.52. The molecule has 0 amide bonds. The number of ketones is 1. The molecule has 1 aliphatic heterocycles. The fourth-order valence-corrected chi connectivity index (χ4v) is 6.31. The van der Waals surface area contributed by atoms with Crippen LogP contribution in [0.2, 0.25) is 0 Å². The van der Waals surface area contributed by atoms with Crippen molar-refractivity contribution in [1.29, 1.82) is 0 Å². The van der Waals surface area contributed by atoms with Crippen LogP contribution in [0.3, 0.4) is 0 Å². The maximum atomic E-state index is 13.3. The molecule has 0 spiro atoms. The largest absolute Gasteiger partial charge is 0.396 e. The van der Waals surface area contributed by atoms with E-state index >= 15 is 0 Å². The molecule has 1 heterocycles. The van der Waals surface area contributed by atoms with Gasteiger partial charge in [0.2, 0.25) is 0 Å². The van der Waals surface area contributed by atoms with Crippen molar-refractivity contribution < 1.29 is 35.1 Å². The summed E-state index contributed by atoms with van der Waals surface area (Å²) in [7, 11) is 0. The van der Waals surface area contributed by atoms with Gasteiger partial charge in [-0.25, -0.2) is 0 Å². The first-order chi connectivity index (χ1) is 12.3. The van der Waals surface area contributed by atoms with Crippen molar-refractivity contribution in [3.05, 3.63) is 12.7 Å². The molecule has 0 aromatic heterocycles. The van der Waals surface area contributed by atoms with E-state index in [1.807, 2.05) is 0 Å². The highest BCUT2D eigenvalue weighted by Crippen LogP contribution is 2.66. The Morgan fingerprint density at radius 3 is 2.33 bits per heavy atom. The number of aliphatic hydroxyl groups is 5. The van der Waals surface area contributed by atoms with Crippen LogP contribution in [0, 0.1) is 16.7 Å². The van der Waals surface area contributed by atoms with Gasteiger partial charge in [-0.3, -0.25) is 4.79 Å². The first-order valence-corrected chi connectivity index (χ1v) is 9.52. The highest BCUT2D eigenvalue weighted by molar-refractivity contribution is 5.92. The summed E-state index contributed by atoms with van der Waals surface area (Å²) in [6.45, 7) is 9.71. The first kappa shape index (κ1) is 20.9. The third-order valence-electron chi connectivity index (χ3n) is 7.96. The van der Waals surface area contributed by atoms with E-state index in [0.29, 0.717) is 6.42 Å². The Balaban J connectivity index is 2.29. The van der Waals surface area contributed by atoms with E-state index in [-0.39, 0.29) is 19.4 Å². The van der Waals surface area contributed by atoms with E-state index in [9.17, 15) is 30.3 Å².